The molecular weight excluding hydrogens is 250 g/mol. The second-order valence-corrected chi connectivity index (χ2v) is 5.55. The molecule has 1 heterocycles. The van der Waals surface area contributed by atoms with E-state index < -0.39 is 0 Å². The van der Waals surface area contributed by atoms with Gasteiger partial charge in [0.25, 0.3) is 0 Å². The van der Waals surface area contributed by atoms with Gasteiger partial charge in [0.1, 0.15) is 0 Å². The molecule has 0 aliphatic rings. The van der Waals surface area contributed by atoms with Gasteiger partial charge in [-0.05, 0) is 34.1 Å². The average Bonchev–Trinajstić information content (AvgIpc) is 2.23. The maximum absolute atomic E-state index is 5.95. The maximum Gasteiger partial charge on any atom is 0.228 e. The van der Waals surface area contributed by atoms with E-state index >= 15 is 0 Å². The van der Waals surface area contributed by atoms with Gasteiger partial charge in [0, 0.05) is 30.7 Å². The van der Waals surface area contributed by atoms with E-state index in [1.165, 1.54) is 0 Å². The summed E-state index contributed by atoms with van der Waals surface area (Å²) in [7, 11) is 1.97. The maximum atomic E-state index is 5.95. The topological polar surface area (TPSA) is 38.2 Å². The summed E-state index contributed by atoms with van der Waals surface area (Å²) >= 11 is 5.95. The summed E-state index contributed by atoms with van der Waals surface area (Å²) in [5.41, 5.74) is 0.904. The lowest BCUT2D eigenvalue weighted by atomic mass is 10.3. The number of aryl methyl sites for hydroxylation is 1. The van der Waals surface area contributed by atoms with Gasteiger partial charge in [0.05, 0.1) is 6.10 Å². The van der Waals surface area contributed by atoms with E-state index in [9.17, 15) is 0 Å². The molecule has 0 fully saturated rings. The summed E-state index contributed by atoms with van der Waals surface area (Å²) < 4.78 is 5.61. The molecule has 102 valence electrons. The largest absolute Gasteiger partial charge is 0.475 e. The molecule has 0 aromatic carbocycles. The Morgan fingerprint density at radius 2 is 2.00 bits per heavy atom. The van der Waals surface area contributed by atoms with Crippen LogP contribution in [0.3, 0.4) is 0 Å². The van der Waals surface area contributed by atoms with Gasteiger partial charge in [-0.2, -0.15) is 4.98 Å². The lowest BCUT2D eigenvalue weighted by Gasteiger charge is -2.19. The molecule has 0 radical (unpaired) electrons. The Balaban J connectivity index is 2.78. The van der Waals surface area contributed by atoms with Crippen LogP contribution >= 0.6 is 11.6 Å². The van der Waals surface area contributed by atoms with Gasteiger partial charge in [-0.3, -0.25) is 0 Å². The van der Waals surface area contributed by atoms with E-state index in [1.807, 2.05) is 45.7 Å². The fraction of sp³-hybridized carbons (Fsp3) is 0.692. The highest BCUT2D eigenvalue weighted by molar-refractivity contribution is 6.20. The summed E-state index contributed by atoms with van der Waals surface area (Å²) in [6, 6.07) is 1.85. The Bertz CT molecular complexity index is 382. The first kappa shape index (κ1) is 15.0. The number of aromatic nitrogens is 2. The van der Waals surface area contributed by atoms with Crippen LogP contribution in [0.4, 0.5) is 5.95 Å². The second kappa shape index (κ2) is 6.78. The molecule has 1 aromatic rings. The Kier molecular flexibility index (Phi) is 5.66. The minimum absolute atomic E-state index is 0.111. The van der Waals surface area contributed by atoms with Crippen LogP contribution < -0.4 is 9.64 Å². The normalized spacial score (nSPS) is 12.6. The summed E-state index contributed by atoms with van der Waals surface area (Å²) in [4.78, 5) is 10.8. The fourth-order valence-corrected chi connectivity index (χ4v) is 1.57. The molecule has 0 N–H and O–H groups in total. The van der Waals surface area contributed by atoms with E-state index in [1.54, 1.807) is 0 Å². The molecule has 1 unspecified atom stereocenters. The second-order valence-electron chi connectivity index (χ2n) is 4.81. The number of hydrogen-bond donors (Lipinski definition) is 0. The van der Waals surface area contributed by atoms with Gasteiger partial charge >= 0.3 is 0 Å². The molecule has 18 heavy (non-hydrogen) atoms. The Labute approximate surface area is 114 Å². The molecule has 0 bridgehead atoms. The smallest absolute Gasteiger partial charge is 0.228 e. The zero-order valence-corrected chi connectivity index (χ0v) is 12.5. The lowest BCUT2D eigenvalue weighted by molar-refractivity contribution is 0.232. The number of anilines is 1. The molecule has 1 rings (SSSR count). The molecule has 4 nitrogen and oxygen atoms in total. The standard InChI is InChI=1S/C13H22ClN3O/c1-9(2)18-12-8-11(4)15-13(16-12)17(5)7-6-10(3)14/h8-10H,6-7H2,1-5H3. The molecule has 0 saturated carbocycles. The number of halogens is 1. The van der Waals surface area contributed by atoms with Crippen LogP contribution in [0, 0.1) is 6.92 Å². The first-order valence-corrected chi connectivity index (χ1v) is 6.69. The van der Waals surface area contributed by atoms with Gasteiger partial charge in [0.2, 0.25) is 11.8 Å². The monoisotopic (exact) mass is 271 g/mol. The SMILES string of the molecule is Cc1cc(OC(C)C)nc(N(C)CCC(C)Cl)n1. The van der Waals surface area contributed by atoms with Crippen LogP contribution in [0.25, 0.3) is 0 Å². The molecule has 0 amide bonds. The third-order valence-electron chi connectivity index (χ3n) is 2.38. The van der Waals surface area contributed by atoms with Crippen LogP contribution in [0.15, 0.2) is 6.07 Å². The van der Waals surface area contributed by atoms with Crippen LogP contribution in [0.2, 0.25) is 0 Å². The molecule has 0 aliphatic heterocycles. The van der Waals surface area contributed by atoms with Crippen molar-refractivity contribution in [2.24, 2.45) is 0 Å². The van der Waals surface area contributed by atoms with Crippen molar-refractivity contribution in [2.75, 3.05) is 18.5 Å². The van der Waals surface area contributed by atoms with E-state index in [-0.39, 0.29) is 11.5 Å². The summed E-state index contributed by atoms with van der Waals surface area (Å²) in [6.45, 7) is 8.72. The highest BCUT2D eigenvalue weighted by atomic mass is 35.5. The Morgan fingerprint density at radius 1 is 1.33 bits per heavy atom. The van der Waals surface area contributed by atoms with Crippen LogP contribution in [0.5, 0.6) is 5.88 Å². The minimum atomic E-state index is 0.111. The first-order chi connectivity index (χ1) is 8.38. The highest BCUT2D eigenvalue weighted by Crippen LogP contribution is 2.16. The molecule has 0 spiro atoms. The Morgan fingerprint density at radius 3 is 2.56 bits per heavy atom. The fourth-order valence-electron chi connectivity index (χ4n) is 1.47. The number of ether oxygens (including phenoxy) is 1. The zero-order chi connectivity index (χ0) is 13.7. The van der Waals surface area contributed by atoms with Crippen molar-refractivity contribution in [1.82, 2.24) is 9.97 Å². The van der Waals surface area contributed by atoms with Gasteiger partial charge < -0.3 is 9.64 Å². The highest BCUT2D eigenvalue weighted by Gasteiger charge is 2.10. The van der Waals surface area contributed by atoms with Gasteiger partial charge in [-0.15, -0.1) is 11.6 Å². The minimum Gasteiger partial charge on any atom is -0.475 e. The van der Waals surface area contributed by atoms with Crippen molar-refractivity contribution < 1.29 is 4.74 Å². The van der Waals surface area contributed by atoms with Crippen molar-refractivity contribution in [1.29, 1.82) is 0 Å². The van der Waals surface area contributed by atoms with Crippen molar-refractivity contribution >= 4 is 17.5 Å². The van der Waals surface area contributed by atoms with Gasteiger partial charge in [0.15, 0.2) is 0 Å². The number of alkyl halides is 1. The predicted molar refractivity (Wildman–Crippen MR) is 75.7 cm³/mol. The molecular formula is C13H22ClN3O. The third-order valence-corrected chi connectivity index (χ3v) is 2.60. The average molecular weight is 272 g/mol. The summed E-state index contributed by atoms with van der Waals surface area (Å²) in [5, 5.41) is 0.156. The Hall–Kier alpha value is -1.03. The van der Waals surface area contributed by atoms with Crippen LogP contribution in [-0.4, -0.2) is 35.0 Å². The van der Waals surface area contributed by atoms with Crippen molar-refractivity contribution in [3.05, 3.63) is 11.8 Å². The summed E-state index contributed by atoms with van der Waals surface area (Å²) in [6.07, 6.45) is 1.01. The molecule has 1 aromatic heterocycles. The van der Waals surface area contributed by atoms with Gasteiger partial charge in [-0.1, -0.05) is 0 Å². The predicted octanol–water partition coefficient (Wildman–Crippen LogP) is 3.03. The molecule has 1 atom stereocenters. The third kappa shape index (κ3) is 5.08. The van der Waals surface area contributed by atoms with Crippen molar-refractivity contribution in [2.45, 2.75) is 45.6 Å². The van der Waals surface area contributed by atoms with Crippen LogP contribution in [-0.2, 0) is 0 Å². The first-order valence-electron chi connectivity index (χ1n) is 6.26. The summed E-state index contributed by atoms with van der Waals surface area (Å²) in [5.74, 6) is 1.31. The van der Waals surface area contributed by atoms with Gasteiger partial charge in [-0.25, -0.2) is 4.98 Å². The van der Waals surface area contributed by atoms with Crippen molar-refractivity contribution in [3.8, 4) is 5.88 Å². The molecule has 0 saturated heterocycles. The van der Waals surface area contributed by atoms with E-state index in [0.29, 0.717) is 11.8 Å². The van der Waals surface area contributed by atoms with E-state index in [0.717, 1.165) is 18.7 Å². The van der Waals surface area contributed by atoms with E-state index in [2.05, 4.69) is 9.97 Å². The van der Waals surface area contributed by atoms with Crippen molar-refractivity contribution in [3.63, 3.8) is 0 Å². The number of rotatable bonds is 6. The quantitative estimate of drug-likeness (QED) is 0.746. The molecule has 0 aliphatic carbocycles. The number of nitrogens with zero attached hydrogens (tertiary/aromatic N) is 3. The lowest BCUT2D eigenvalue weighted by Crippen LogP contribution is -2.23. The zero-order valence-electron chi connectivity index (χ0n) is 11.8. The van der Waals surface area contributed by atoms with Crippen LogP contribution in [0.1, 0.15) is 32.9 Å². The molecule has 5 heteroatoms. The number of hydrogen-bond acceptors (Lipinski definition) is 4. The van der Waals surface area contributed by atoms with E-state index in [4.69, 9.17) is 16.3 Å².